The second kappa shape index (κ2) is 7.82. The molecule has 0 spiro atoms. The van der Waals surface area contributed by atoms with Gasteiger partial charge in [-0.1, -0.05) is 36.4 Å². The molecule has 2 aromatic rings. The number of rotatable bonds is 5. The molecule has 1 aliphatic heterocycles. The van der Waals surface area contributed by atoms with Crippen LogP contribution in [0.15, 0.2) is 48.5 Å². The molecule has 0 saturated heterocycles. The van der Waals surface area contributed by atoms with Crippen LogP contribution in [0.3, 0.4) is 0 Å². The lowest BCUT2D eigenvalue weighted by atomic mass is 9.98. The number of phenols is 1. The van der Waals surface area contributed by atoms with E-state index in [0.29, 0.717) is 0 Å². The highest BCUT2D eigenvalue weighted by molar-refractivity contribution is 5.37. The van der Waals surface area contributed by atoms with Crippen molar-refractivity contribution in [2.45, 2.75) is 44.8 Å². The minimum absolute atomic E-state index is 0.104. The first-order valence-electron chi connectivity index (χ1n) is 8.93. The second-order valence-electron chi connectivity index (χ2n) is 6.80. The standard InChI is InChI=1S/C21H27NO2/c1-16-21(24)20-11-10-19(23)15-18(20)12-14-22(16)13-6-5-9-17-7-3-2-4-8-17/h2-4,7-8,10-11,15-16,21,23-24H,5-6,9,12-14H2,1H3. The molecular formula is C21H27NO2. The summed E-state index contributed by atoms with van der Waals surface area (Å²) < 4.78 is 0. The predicted molar refractivity (Wildman–Crippen MR) is 97.2 cm³/mol. The Balaban J connectivity index is 1.55. The van der Waals surface area contributed by atoms with Crippen molar-refractivity contribution in [2.24, 2.45) is 0 Å². The lowest BCUT2D eigenvalue weighted by Crippen LogP contribution is -2.37. The summed E-state index contributed by atoms with van der Waals surface area (Å²) in [6.45, 7) is 4.04. The Morgan fingerprint density at radius 2 is 1.88 bits per heavy atom. The van der Waals surface area contributed by atoms with E-state index in [0.717, 1.165) is 49.9 Å². The molecule has 2 unspecified atom stereocenters. The van der Waals surface area contributed by atoms with Gasteiger partial charge in [0, 0.05) is 12.6 Å². The third-order valence-electron chi connectivity index (χ3n) is 5.15. The van der Waals surface area contributed by atoms with E-state index in [4.69, 9.17) is 0 Å². The second-order valence-corrected chi connectivity index (χ2v) is 6.80. The number of nitrogens with zero attached hydrogens (tertiary/aromatic N) is 1. The zero-order valence-electron chi connectivity index (χ0n) is 14.4. The van der Waals surface area contributed by atoms with Crippen LogP contribution in [0.5, 0.6) is 5.75 Å². The molecule has 3 heteroatoms. The van der Waals surface area contributed by atoms with Gasteiger partial charge < -0.3 is 10.2 Å². The lowest BCUT2D eigenvalue weighted by Gasteiger charge is -2.30. The summed E-state index contributed by atoms with van der Waals surface area (Å²) in [5.74, 6) is 0.282. The van der Waals surface area contributed by atoms with E-state index in [-0.39, 0.29) is 11.8 Å². The summed E-state index contributed by atoms with van der Waals surface area (Å²) in [6, 6.07) is 16.0. The molecule has 1 aliphatic rings. The maximum atomic E-state index is 10.7. The van der Waals surface area contributed by atoms with Gasteiger partial charge in [0.2, 0.25) is 0 Å². The Morgan fingerprint density at radius 3 is 2.67 bits per heavy atom. The fourth-order valence-corrected chi connectivity index (χ4v) is 3.63. The Bertz CT molecular complexity index is 656. The Hall–Kier alpha value is -1.84. The van der Waals surface area contributed by atoms with Crippen LogP contribution >= 0.6 is 0 Å². The highest BCUT2D eigenvalue weighted by atomic mass is 16.3. The van der Waals surface area contributed by atoms with Crippen LogP contribution < -0.4 is 0 Å². The highest BCUT2D eigenvalue weighted by Gasteiger charge is 2.28. The summed E-state index contributed by atoms with van der Waals surface area (Å²) >= 11 is 0. The number of aliphatic hydroxyl groups excluding tert-OH is 1. The molecule has 2 aromatic carbocycles. The maximum absolute atomic E-state index is 10.7. The van der Waals surface area contributed by atoms with Gasteiger partial charge in [-0.05, 0) is 68.0 Å². The highest BCUT2D eigenvalue weighted by Crippen LogP contribution is 2.30. The zero-order valence-corrected chi connectivity index (χ0v) is 14.4. The molecule has 2 atom stereocenters. The quantitative estimate of drug-likeness (QED) is 0.824. The molecule has 3 rings (SSSR count). The fourth-order valence-electron chi connectivity index (χ4n) is 3.63. The van der Waals surface area contributed by atoms with Crippen LogP contribution in [0.1, 0.15) is 42.6 Å². The molecule has 1 heterocycles. The fraction of sp³-hybridized carbons (Fsp3) is 0.429. The van der Waals surface area contributed by atoms with Gasteiger partial charge in [-0.2, -0.15) is 0 Å². The van der Waals surface area contributed by atoms with Crippen molar-refractivity contribution in [3.8, 4) is 5.75 Å². The molecule has 24 heavy (non-hydrogen) atoms. The Morgan fingerprint density at radius 1 is 1.08 bits per heavy atom. The number of fused-ring (bicyclic) bond motifs is 1. The predicted octanol–water partition coefficient (Wildman–Crippen LogP) is 3.70. The van der Waals surface area contributed by atoms with Gasteiger partial charge in [-0.3, -0.25) is 4.90 Å². The van der Waals surface area contributed by atoms with Crippen LogP contribution in [-0.2, 0) is 12.8 Å². The van der Waals surface area contributed by atoms with Crippen molar-refractivity contribution in [1.29, 1.82) is 0 Å². The van der Waals surface area contributed by atoms with Crippen LogP contribution in [0.4, 0.5) is 0 Å². The monoisotopic (exact) mass is 325 g/mol. The van der Waals surface area contributed by atoms with E-state index in [2.05, 4.69) is 42.2 Å². The average Bonchev–Trinajstić information content (AvgIpc) is 2.71. The van der Waals surface area contributed by atoms with Gasteiger partial charge in [0.25, 0.3) is 0 Å². The van der Waals surface area contributed by atoms with Crippen LogP contribution in [0, 0.1) is 0 Å². The summed E-state index contributed by atoms with van der Waals surface area (Å²) in [7, 11) is 0. The Labute approximate surface area is 144 Å². The van der Waals surface area contributed by atoms with Crippen molar-refractivity contribution in [3.05, 3.63) is 65.2 Å². The summed E-state index contributed by atoms with van der Waals surface area (Å²) in [4.78, 5) is 2.38. The molecule has 0 fully saturated rings. The molecule has 0 radical (unpaired) electrons. The molecule has 0 amide bonds. The first-order chi connectivity index (χ1) is 11.6. The van der Waals surface area contributed by atoms with E-state index in [1.165, 1.54) is 5.56 Å². The molecule has 0 saturated carbocycles. The van der Waals surface area contributed by atoms with Crippen molar-refractivity contribution < 1.29 is 10.2 Å². The number of aryl methyl sites for hydroxylation is 1. The third-order valence-corrected chi connectivity index (χ3v) is 5.15. The molecule has 0 aromatic heterocycles. The normalized spacial score (nSPS) is 21.2. The number of hydrogen-bond acceptors (Lipinski definition) is 3. The van der Waals surface area contributed by atoms with Gasteiger partial charge in [0.1, 0.15) is 5.75 Å². The summed E-state index contributed by atoms with van der Waals surface area (Å²) in [6.07, 6.45) is 3.80. The van der Waals surface area contributed by atoms with Crippen LogP contribution in [-0.4, -0.2) is 34.2 Å². The molecule has 128 valence electrons. The van der Waals surface area contributed by atoms with E-state index in [9.17, 15) is 10.2 Å². The van der Waals surface area contributed by atoms with Crippen molar-refractivity contribution >= 4 is 0 Å². The lowest BCUT2D eigenvalue weighted by molar-refractivity contribution is 0.0635. The first-order valence-corrected chi connectivity index (χ1v) is 8.93. The third kappa shape index (κ3) is 3.97. The number of unbranched alkanes of at least 4 members (excludes halogenated alkanes) is 1. The van der Waals surface area contributed by atoms with Gasteiger partial charge in [-0.15, -0.1) is 0 Å². The molecule has 3 nitrogen and oxygen atoms in total. The molecule has 2 N–H and O–H groups in total. The maximum Gasteiger partial charge on any atom is 0.115 e. The van der Waals surface area contributed by atoms with Crippen LogP contribution in [0.2, 0.25) is 0 Å². The van der Waals surface area contributed by atoms with Crippen molar-refractivity contribution in [2.75, 3.05) is 13.1 Å². The van der Waals surface area contributed by atoms with Gasteiger partial charge in [-0.25, -0.2) is 0 Å². The summed E-state index contributed by atoms with van der Waals surface area (Å²) in [5, 5.41) is 20.4. The Kier molecular flexibility index (Phi) is 5.54. The first kappa shape index (κ1) is 17.0. The molecule has 0 bridgehead atoms. The zero-order chi connectivity index (χ0) is 16.9. The van der Waals surface area contributed by atoms with Gasteiger partial charge in [0.15, 0.2) is 0 Å². The minimum atomic E-state index is -0.489. The van der Waals surface area contributed by atoms with E-state index < -0.39 is 6.10 Å². The number of aliphatic hydroxyl groups is 1. The summed E-state index contributed by atoms with van der Waals surface area (Å²) in [5.41, 5.74) is 3.43. The van der Waals surface area contributed by atoms with Crippen LogP contribution in [0.25, 0.3) is 0 Å². The van der Waals surface area contributed by atoms with Gasteiger partial charge in [0.05, 0.1) is 6.10 Å². The largest absolute Gasteiger partial charge is 0.508 e. The molecule has 0 aliphatic carbocycles. The van der Waals surface area contributed by atoms with Gasteiger partial charge >= 0.3 is 0 Å². The van der Waals surface area contributed by atoms with E-state index in [1.807, 2.05) is 6.07 Å². The van der Waals surface area contributed by atoms with Crippen molar-refractivity contribution in [1.82, 2.24) is 4.90 Å². The smallest absolute Gasteiger partial charge is 0.115 e. The van der Waals surface area contributed by atoms with E-state index in [1.54, 1.807) is 12.1 Å². The number of benzene rings is 2. The number of phenolic OH excluding ortho intramolecular Hbond substituents is 1. The minimum Gasteiger partial charge on any atom is -0.508 e. The SMILES string of the molecule is CC1C(O)c2ccc(O)cc2CCN1CCCCc1ccccc1. The number of aromatic hydroxyl groups is 1. The van der Waals surface area contributed by atoms with E-state index >= 15 is 0 Å². The molecular weight excluding hydrogens is 298 g/mol. The number of hydrogen-bond donors (Lipinski definition) is 2. The van der Waals surface area contributed by atoms with Crippen molar-refractivity contribution in [3.63, 3.8) is 0 Å². The topological polar surface area (TPSA) is 43.7 Å². The average molecular weight is 325 g/mol.